The average molecular weight is 481 g/mol. The Morgan fingerprint density at radius 3 is 1.81 bits per heavy atom. The van der Waals surface area contributed by atoms with Crippen LogP contribution < -0.4 is 0 Å². The number of aryl methyl sites for hydroxylation is 2. The van der Waals surface area contributed by atoms with Crippen LogP contribution in [0.4, 0.5) is 0 Å². The zero-order chi connectivity index (χ0) is 24.7. The smallest absolute Gasteiger partial charge is 0.00130 e. The van der Waals surface area contributed by atoms with Gasteiger partial charge in [0.2, 0.25) is 0 Å². The molecule has 0 N–H and O–H groups in total. The summed E-state index contributed by atoms with van der Waals surface area (Å²) < 4.78 is 0. The van der Waals surface area contributed by atoms with Crippen molar-refractivity contribution in [3.8, 4) is 33.4 Å². The Hall–Kier alpha value is -3.12. The second-order valence-electron chi connectivity index (χ2n) is 12.7. The van der Waals surface area contributed by atoms with E-state index in [0.29, 0.717) is 0 Å². The lowest BCUT2D eigenvalue weighted by molar-refractivity contribution is -0.00259. The standard InChI is InChI=1S/C37H36/c1-22-7-3-5-9-31(22)26-11-12-33-27(18-26)19-28-20-35(32-10-6-4-8-23(32)2)36(21-34(28)33)37-29-14-24-13-25(16-29)17-30(37)15-24/h3-12,18,20-21,24-25,29-30,37H,13-17,19H2,1-2H3. The largest absolute Gasteiger partial charge is 0.0620 e. The summed E-state index contributed by atoms with van der Waals surface area (Å²) in [6, 6.07) is 30.4. The molecule has 0 nitrogen and oxygen atoms in total. The molecule has 4 bridgehead atoms. The summed E-state index contributed by atoms with van der Waals surface area (Å²) in [6.07, 6.45) is 8.45. The fraction of sp³-hybridized carbons (Fsp3) is 0.351. The van der Waals surface area contributed by atoms with E-state index in [4.69, 9.17) is 0 Å². The summed E-state index contributed by atoms with van der Waals surface area (Å²) in [5, 5.41) is 0. The van der Waals surface area contributed by atoms with Gasteiger partial charge in [-0.25, -0.2) is 0 Å². The Balaban J connectivity index is 1.28. The number of benzene rings is 4. The van der Waals surface area contributed by atoms with Crippen LogP contribution in [0.1, 0.15) is 65.8 Å². The van der Waals surface area contributed by atoms with Crippen LogP contribution in [-0.2, 0) is 6.42 Å². The maximum atomic E-state index is 2.67. The molecule has 0 aromatic heterocycles. The van der Waals surface area contributed by atoms with Crippen LogP contribution in [0.25, 0.3) is 33.4 Å². The molecular formula is C37H36. The summed E-state index contributed by atoms with van der Waals surface area (Å²) in [4.78, 5) is 0. The highest BCUT2D eigenvalue weighted by Crippen LogP contribution is 2.61. The molecule has 4 aromatic carbocycles. The quantitative estimate of drug-likeness (QED) is 0.241. The first-order chi connectivity index (χ1) is 18.1. The highest BCUT2D eigenvalue weighted by Gasteiger charge is 2.49. The monoisotopic (exact) mass is 480 g/mol. The molecule has 0 saturated heterocycles. The molecule has 4 saturated carbocycles. The van der Waals surface area contributed by atoms with Crippen LogP contribution in [0.15, 0.2) is 78.9 Å². The number of fused-ring (bicyclic) bond motifs is 3. The van der Waals surface area contributed by atoms with Crippen LogP contribution in [0.3, 0.4) is 0 Å². The van der Waals surface area contributed by atoms with Crippen molar-refractivity contribution in [3.63, 3.8) is 0 Å². The first-order valence-corrected chi connectivity index (χ1v) is 14.5. The molecule has 5 aliphatic rings. The summed E-state index contributed by atoms with van der Waals surface area (Å²) in [6.45, 7) is 4.52. The van der Waals surface area contributed by atoms with Gasteiger partial charge in [0.1, 0.15) is 0 Å². The van der Waals surface area contributed by atoms with Crippen molar-refractivity contribution in [3.05, 3.63) is 107 Å². The number of rotatable bonds is 3. The van der Waals surface area contributed by atoms with Crippen LogP contribution in [0.5, 0.6) is 0 Å². The van der Waals surface area contributed by atoms with Crippen molar-refractivity contribution in [2.75, 3.05) is 0 Å². The van der Waals surface area contributed by atoms with Crippen LogP contribution in [0, 0.1) is 37.5 Å². The first kappa shape index (κ1) is 21.9. The minimum absolute atomic E-state index is 0.739. The SMILES string of the molecule is Cc1ccccc1-c1ccc2c(c1)Cc1cc(-c3ccccc3C)c(C3C4CC5CC(C4)CC3C5)cc1-2. The lowest BCUT2D eigenvalue weighted by Crippen LogP contribution is -2.43. The molecule has 5 aliphatic carbocycles. The minimum atomic E-state index is 0.739. The fourth-order valence-electron chi connectivity index (χ4n) is 9.15. The lowest BCUT2D eigenvalue weighted by atomic mass is 9.50. The Morgan fingerprint density at radius 2 is 1.14 bits per heavy atom. The maximum Gasteiger partial charge on any atom is -0.00130 e. The summed E-state index contributed by atoms with van der Waals surface area (Å²) in [5.74, 6) is 4.54. The maximum absolute atomic E-state index is 2.67. The van der Waals surface area contributed by atoms with Gasteiger partial charge in [-0.1, -0.05) is 66.7 Å². The van der Waals surface area contributed by atoms with E-state index in [1.54, 1.807) is 5.56 Å². The highest BCUT2D eigenvalue weighted by atomic mass is 14.5. The van der Waals surface area contributed by atoms with Crippen LogP contribution >= 0.6 is 0 Å². The van der Waals surface area contributed by atoms with Gasteiger partial charge < -0.3 is 0 Å². The van der Waals surface area contributed by atoms with E-state index in [-0.39, 0.29) is 0 Å². The van der Waals surface area contributed by atoms with Gasteiger partial charge in [0.15, 0.2) is 0 Å². The zero-order valence-electron chi connectivity index (χ0n) is 22.1. The molecule has 0 aliphatic heterocycles. The van der Waals surface area contributed by atoms with Crippen molar-refractivity contribution in [1.82, 2.24) is 0 Å². The third kappa shape index (κ3) is 3.41. The summed E-state index contributed by atoms with van der Waals surface area (Å²) in [7, 11) is 0. The third-order valence-corrected chi connectivity index (χ3v) is 10.5. The second-order valence-corrected chi connectivity index (χ2v) is 12.7. The summed E-state index contributed by atoms with van der Waals surface area (Å²) in [5.41, 5.74) is 16.1. The Labute approximate surface area is 221 Å². The van der Waals surface area contributed by atoms with Gasteiger partial charge in [0.25, 0.3) is 0 Å². The molecule has 0 radical (unpaired) electrons. The van der Waals surface area contributed by atoms with Gasteiger partial charge in [-0.2, -0.15) is 0 Å². The Morgan fingerprint density at radius 1 is 0.514 bits per heavy atom. The van der Waals surface area contributed by atoms with E-state index in [0.717, 1.165) is 36.0 Å². The van der Waals surface area contributed by atoms with Crippen molar-refractivity contribution >= 4 is 0 Å². The fourth-order valence-corrected chi connectivity index (χ4v) is 9.15. The average Bonchev–Trinajstić information content (AvgIpc) is 3.25. The molecule has 0 unspecified atom stereocenters. The van der Waals surface area contributed by atoms with Gasteiger partial charge in [-0.15, -0.1) is 0 Å². The molecule has 37 heavy (non-hydrogen) atoms. The molecule has 0 atom stereocenters. The van der Waals surface area contributed by atoms with E-state index in [1.165, 1.54) is 87.7 Å². The summed E-state index contributed by atoms with van der Waals surface area (Å²) >= 11 is 0. The highest BCUT2D eigenvalue weighted by molar-refractivity contribution is 5.85. The molecule has 184 valence electrons. The normalized spacial score (nSPS) is 26.8. The van der Waals surface area contributed by atoms with Crippen LogP contribution in [-0.4, -0.2) is 0 Å². The van der Waals surface area contributed by atoms with E-state index in [9.17, 15) is 0 Å². The molecule has 4 aromatic rings. The number of hydrogen-bond acceptors (Lipinski definition) is 0. The van der Waals surface area contributed by atoms with Crippen molar-refractivity contribution in [1.29, 1.82) is 0 Å². The molecule has 4 fully saturated rings. The van der Waals surface area contributed by atoms with Gasteiger partial charge in [0.05, 0.1) is 0 Å². The lowest BCUT2D eigenvalue weighted by Gasteiger charge is -2.55. The predicted octanol–water partition coefficient (Wildman–Crippen LogP) is 9.75. The van der Waals surface area contributed by atoms with Crippen LogP contribution in [0.2, 0.25) is 0 Å². The topological polar surface area (TPSA) is 0 Å². The molecular weight excluding hydrogens is 444 g/mol. The molecule has 0 heteroatoms. The van der Waals surface area contributed by atoms with Gasteiger partial charge in [-0.05, 0) is 155 Å². The first-order valence-electron chi connectivity index (χ1n) is 14.5. The molecule has 0 heterocycles. The third-order valence-electron chi connectivity index (χ3n) is 10.5. The Kier molecular flexibility index (Phi) is 4.85. The molecule has 9 rings (SSSR count). The predicted molar refractivity (Wildman–Crippen MR) is 155 cm³/mol. The second kappa shape index (κ2) is 8.19. The van der Waals surface area contributed by atoms with Gasteiger partial charge >= 0.3 is 0 Å². The van der Waals surface area contributed by atoms with E-state index < -0.39 is 0 Å². The molecule has 0 amide bonds. The van der Waals surface area contributed by atoms with Crippen molar-refractivity contribution in [2.45, 2.75) is 58.3 Å². The van der Waals surface area contributed by atoms with E-state index in [2.05, 4.69) is 92.7 Å². The number of hydrogen-bond donors (Lipinski definition) is 0. The van der Waals surface area contributed by atoms with Gasteiger partial charge in [-0.3, -0.25) is 0 Å². The zero-order valence-corrected chi connectivity index (χ0v) is 22.1. The van der Waals surface area contributed by atoms with E-state index >= 15 is 0 Å². The van der Waals surface area contributed by atoms with Crippen molar-refractivity contribution in [2.24, 2.45) is 23.7 Å². The van der Waals surface area contributed by atoms with Gasteiger partial charge in [0, 0.05) is 0 Å². The molecule has 0 spiro atoms. The van der Waals surface area contributed by atoms with E-state index in [1.807, 2.05) is 0 Å². The van der Waals surface area contributed by atoms with Crippen molar-refractivity contribution < 1.29 is 0 Å². The minimum Gasteiger partial charge on any atom is -0.0620 e. The Bertz CT molecular complexity index is 1510.